The number of benzene rings is 3. The van der Waals surface area contributed by atoms with Gasteiger partial charge in [0, 0.05) is 35.0 Å². The number of halogens is 2. The van der Waals surface area contributed by atoms with Gasteiger partial charge in [0.15, 0.2) is 0 Å². The van der Waals surface area contributed by atoms with Crippen molar-refractivity contribution in [2.75, 3.05) is 19.7 Å². The van der Waals surface area contributed by atoms with Crippen LogP contribution in [0.5, 0.6) is 5.75 Å². The predicted octanol–water partition coefficient (Wildman–Crippen LogP) is 6.03. The number of hydrogen-bond donors (Lipinski definition) is 2. The Morgan fingerprint density at radius 3 is 2.42 bits per heavy atom. The van der Waals surface area contributed by atoms with Gasteiger partial charge < -0.3 is 10.1 Å². The SMILES string of the molecule is O=C(CC(NS(=O)(=O)c1cc(Cl)cc(Cl)c1)c1ccccc1)NC1CCOc2cc(CN3CCCCC3)ccc21. The van der Waals surface area contributed by atoms with Gasteiger partial charge in [0.2, 0.25) is 15.9 Å². The summed E-state index contributed by atoms with van der Waals surface area (Å²) < 4.78 is 35.1. The van der Waals surface area contributed by atoms with Gasteiger partial charge in [0.05, 0.1) is 23.6 Å². The fraction of sp³-hybridized carbons (Fsp3) is 0.367. The van der Waals surface area contributed by atoms with E-state index < -0.39 is 16.1 Å². The van der Waals surface area contributed by atoms with Crippen LogP contribution in [0.15, 0.2) is 71.6 Å². The molecule has 0 spiro atoms. The molecule has 3 aromatic rings. The van der Waals surface area contributed by atoms with Gasteiger partial charge >= 0.3 is 0 Å². The molecule has 40 heavy (non-hydrogen) atoms. The molecule has 0 saturated carbocycles. The van der Waals surface area contributed by atoms with Crippen LogP contribution in [-0.2, 0) is 21.4 Å². The fourth-order valence-electron chi connectivity index (χ4n) is 5.35. The molecule has 0 bridgehead atoms. The van der Waals surface area contributed by atoms with Crippen molar-refractivity contribution in [2.24, 2.45) is 0 Å². The van der Waals surface area contributed by atoms with E-state index in [2.05, 4.69) is 27.1 Å². The number of nitrogens with one attached hydrogen (secondary N) is 2. The van der Waals surface area contributed by atoms with E-state index in [1.807, 2.05) is 12.1 Å². The molecule has 0 aromatic heterocycles. The smallest absolute Gasteiger partial charge is 0.241 e. The summed E-state index contributed by atoms with van der Waals surface area (Å²) in [6.45, 7) is 3.63. The first-order chi connectivity index (χ1) is 19.3. The van der Waals surface area contributed by atoms with Crippen molar-refractivity contribution in [3.63, 3.8) is 0 Å². The lowest BCUT2D eigenvalue weighted by atomic mass is 9.97. The van der Waals surface area contributed by atoms with Crippen molar-refractivity contribution in [3.05, 3.63) is 93.5 Å². The Hall–Kier alpha value is -2.62. The Morgan fingerprint density at radius 1 is 0.975 bits per heavy atom. The number of sulfonamides is 1. The minimum absolute atomic E-state index is 0.0648. The number of amides is 1. The van der Waals surface area contributed by atoms with E-state index in [0.717, 1.165) is 30.9 Å². The summed E-state index contributed by atoms with van der Waals surface area (Å²) in [4.78, 5) is 15.7. The maximum atomic E-state index is 13.3. The van der Waals surface area contributed by atoms with Crippen LogP contribution in [0.2, 0.25) is 10.0 Å². The highest BCUT2D eigenvalue weighted by atomic mass is 35.5. The topological polar surface area (TPSA) is 87.7 Å². The van der Waals surface area contributed by atoms with E-state index in [1.54, 1.807) is 24.3 Å². The lowest BCUT2D eigenvalue weighted by Crippen LogP contribution is -2.36. The van der Waals surface area contributed by atoms with Crippen LogP contribution in [0.3, 0.4) is 0 Å². The lowest BCUT2D eigenvalue weighted by molar-refractivity contribution is -0.122. The molecule has 2 N–H and O–H groups in total. The minimum Gasteiger partial charge on any atom is -0.493 e. The maximum absolute atomic E-state index is 13.3. The van der Waals surface area contributed by atoms with E-state index in [0.29, 0.717) is 18.6 Å². The number of rotatable bonds is 9. The molecule has 0 radical (unpaired) electrons. The van der Waals surface area contributed by atoms with Gasteiger partial charge in [-0.2, -0.15) is 0 Å². The Morgan fingerprint density at radius 2 is 1.70 bits per heavy atom. The van der Waals surface area contributed by atoms with Crippen LogP contribution in [0, 0.1) is 0 Å². The van der Waals surface area contributed by atoms with Crippen molar-refractivity contribution < 1.29 is 17.9 Å². The van der Waals surface area contributed by atoms with Gasteiger partial charge in [-0.3, -0.25) is 9.69 Å². The number of hydrogen-bond acceptors (Lipinski definition) is 5. The number of carbonyl (C=O) groups is 1. The largest absolute Gasteiger partial charge is 0.493 e. The summed E-state index contributed by atoms with van der Waals surface area (Å²) in [5.74, 6) is 0.528. The average molecular weight is 603 g/mol. The number of piperidine rings is 1. The zero-order chi connectivity index (χ0) is 28.1. The van der Waals surface area contributed by atoms with E-state index in [1.165, 1.54) is 43.0 Å². The van der Waals surface area contributed by atoms with Crippen LogP contribution in [0.4, 0.5) is 0 Å². The van der Waals surface area contributed by atoms with E-state index in [-0.39, 0.29) is 33.3 Å². The van der Waals surface area contributed by atoms with Crippen LogP contribution < -0.4 is 14.8 Å². The second kappa shape index (κ2) is 12.9. The Balaban J connectivity index is 1.30. The van der Waals surface area contributed by atoms with Crippen molar-refractivity contribution in [1.29, 1.82) is 0 Å². The average Bonchev–Trinajstić information content (AvgIpc) is 2.93. The van der Waals surface area contributed by atoms with Crippen LogP contribution in [-0.4, -0.2) is 38.9 Å². The van der Waals surface area contributed by atoms with E-state index >= 15 is 0 Å². The molecule has 0 aliphatic carbocycles. The molecule has 212 valence electrons. The molecule has 2 aliphatic heterocycles. The van der Waals surface area contributed by atoms with Crippen LogP contribution >= 0.6 is 23.2 Å². The number of ether oxygens (including phenoxy) is 1. The molecule has 2 atom stereocenters. The first-order valence-electron chi connectivity index (χ1n) is 13.6. The first-order valence-corrected chi connectivity index (χ1v) is 15.8. The number of carbonyl (C=O) groups excluding carboxylic acids is 1. The van der Waals surface area contributed by atoms with Crippen molar-refractivity contribution in [3.8, 4) is 5.75 Å². The molecular formula is C30H33Cl2N3O4S. The van der Waals surface area contributed by atoms with E-state index in [4.69, 9.17) is 27.9 Å². The molecule has 1 fully saturated rings. The standard InChI is InChI=1S/C30H33Cl2N3O4S/c31-23-16-24(32)18-25(17-23)40(37,38)34-28(22-7-3-1-4-8-22)19-30(36)33-27-11-14-39-29-15-21(9-10-26(27)29)20-35-12-5-2-6-13-35/h1,3-4,7-10,15-18,27-28,34H,2,5-6,11-14,19-20H2,(H,33,36). The highest BCUT2D eigenvalue weighted by molar-refractivity contribution is 7.89. The van der Waals surface area contributed by atoms with Crippen LogP contribution in [0.25, 0.3) is 0 Å². The molecule has 2 aliphatic rings. The molecule has 10 heteroatoms. The summed E-state index contributed by atoms with van der Waals surface area (Å²) in [6, 6.07) is 18.4. The number of nitrogens with zero attached hydrogens (tertiary/aromatic N) is 1. The van der Waals surface area contributed by atoms with Crippen LogP contribution in [0.1, 0.15) is 60.9 Å². The van der Waals surface area contributed by atoms with Crippen molar-refractivity contribution in [2.45, 2.75) is 55.6 Å². The third kappa shape index (κ3) is 7.36. The fourth-order valence-corrected chi connectivity index (χ4v) is 7.30. The van der Waals surface area contributed by atoms with E-state index in [9.17, 15) is 13.2 Å². The number of likely N-dealkylation sites (tertiary alicyclic amines) is 1. The number of fused-ring (bicyclic) bond motifs is 1. The van der Waals surface area contributed by atoms with Gasteiger partial charge in [-0.1, -0.05) is 72.1 Å². The monoisotopic (exact) mass is 601 g/mol. The zero-order valence-electron chi connectivity index (χ0n) is 22.1. The van der Waals surface area contributed by atoms with Gasteiger partial charge in [0.25, 0.3) is 0 Å². The maximum Gasteiger partial charge on any atom is 0.241 e. The molecular weight excluding hydrogens is 569 g/mol. The van der Waals surface area contributed by atoms with Gasteiger partial charge in [0.1, 0.15) is 5.75 Å². The second-order valence-electron chi connectivity index (χ2n) is 10.4. The normalized spacial score (nSPS) is 18.4. The zero-order valence-corrected chi connectivity index (χ0v) is 24.4. The second-order valence-corrected chi connectivity index (χ2v) is 12.9. The summed E-state index contributed by atoms with van der Waals surface area (Å²) in [6.07, 6.45) is 4.32. The summed E-state index contributed by atoms with van der Waals surface area (Å²) >= 11 is 12.1. The molecule has 1 saturated heterocycles. The Bertz CT molecular complexity index is 1430. The molecule has 5 rings (SSSR count). The molecule has 7 nitrogen and oxygen atoms in total. The summed E-state index contributed by atoms with van der Waals surface area (Å²) in [5.41, 5.74) is 2.81. The minimum atomic E-state index is -4.02. The predicted molar refractivity (Wildman–Crippen MR) is 157 cm³/mol. The summed E-state index contributed by atoms with van der Waals surface area (Å²) in [7, 11) is -4.02. The lowest BCUT2D eigenvalue weighted by Gasteiger charge is -2.29. The quantitative estimate of drug-likeness (QED) is 0.313. The highest BCUT2D eigenvalue weighted by Crippen LogP contribution is 2.34. The third-order valence-electron chi connectivity index (χ3n) is 7.34. The molecule has 2 heterocycles. The van der Waals surface area contributed by atoms with Crippen molar-refractivity contribution in [1.82, 2.24) is 14.9 Å². The van der Waals surface area contributed by atoms with Gasteiger partial charge in [-0.05, 0) is 61.3 Å². The Kier molecular flexibility index (Phi) is 9.33. The first kappa shape index (κ1) is 28.9. The Labute approximate surface area is 245 Å². The highest BCUT2D eigenvalue weighted by Gasteiger charge is 2.28. The van der Waals surface area contributed by atoms with Gasteiger partial charge in [-0.15, -0.1) is 0 Å². The molecule has 2 unspecified atom stereocenters. The molecule has 3 aromatic carbocycles. The summed E-state index contributed by atoms with van der Waals surface area (Å²) in [5, 5.41) is 3.53. The molecule has 1 amide bonds. The van der Waals surface area contributed by atoms with Gasteiger partial charge in [-0.25, -0.2) is 13.1 Å². The third-order valence-corrected chi connectivity index (χ3v) is 9.23. The van der Waals surface area contributed by atoms with Crippen molar-refractivity contribution >= 4 is 39.1 Å².